The van der Waals surface area contributed by atoms with Crippen molar-refractivity contribution in [2.24, 2.45) is 0 Å². The summed E-state index contributed by atoms with van der Waals surface area (Å²) in [4.78, 5) is 36.0. The number of carbonyl (C=O) groups excluding carboxylic acids is 3. The van der Waals surface area contributed by atoms with Crippen molar-refractivity contribution in [3.8, 4) is 0 Å². The van der Waals surface area contributed by atoms with Crippen molar-refractivity contribution < 1.29 is 14.4 Å². The smallest absolute Gasteiger partial charge is 0.255 e. The van der Waals surface area contributed by atoms with E-state index in [-0.39, 0.29) is 17.6 Å². The highest BCUT2D eigenvalue weighted by Gasteiger charge is 2.10. The van der Waals surface area contributed by atoms with Crippen LogP contribution in [0.4, 0.5) is 5.69 Å². The molecule has 2 aromatic carbocycles. The number of hydrogen-bond donors (Lipinski definition) is 2. The van der Waals surface area contributed by atoms with E-state index in [4.69, 9.17) is 0 Å². The van der Waals surface area contributed by atoms with Gasteiger partial charge in [-0.3, -0.25) is 14.4 Å². The first-order valence-electron chi connectivity index (χ1n) is 10.0. The third-order valence-electron chi connectivity index (χ3n) is 5.08. The number of ketones is 1. The first-order chi connectivity index (χ1) is 14.0. The van der Waals surface area contributed by atoms with E-state index < -0.39 is 0 Å². The van der Waals surface area contributed by atoms with Gasteiger partial charge in [0.15, 0.2) is 5.78 Å². The van der Waals surface area contributed by atoms with Crippen LogP contribution in [0.15, 0.2) is 60.2 Å². The number of allylic oxidation sites excluding steroid dienone is 1. The van der Waals surface area contributed by atoms with Gasteiger partial charge in [0.2, 0.25) is 0 Å². The van der Waals surface area contributed by atoms with Crippen molar-refractivity contribution in [3.05, 3.63) is 76.9 Å². The predicted octanol–water partition coefficient (Wildman–Crippen LogP) is 4.76. The Morgan fingerprint density at radius 3 is 2.03 bits per heavy atom. The molecule has 3 rings (SSSR count). The van der Waals surface area contributed by atoms with E-state index in [9.17, 15) is 14.4 Å². The number of nitrogens with one attached hydrogen (secondary N) is 2. The fourth-order valence-electron chi connectivity index (χ4n) is 3.33. The molecule has 0 saturated heterocycles. The molecular formula is C24H26N2O3. The van der Waals surface area contributed by atoms with Gasteiger partial charge in [-0.15, -0.1) is 0 Å². The van der Waals surface area contributed by atoms with Gasteiger partial charge >= 0.3 is 0 Å². The average Bonchev–Trinajstić information content (AvgIpc) is 2.75. The lowest BCUT2D eigenvalue weighted by Gasteiger charge is -2.13. The molecule has 0 heterocycles. The quantitative estimate of drug-likeness (QED) is 0.529. The molecule has 0 aromatic heterocycles. The zero-order chi connectivity index (χ0) is 20.6. The normalized spacial score (nSPS) is 13.3. The van der Waals surface area contributed by atoms with Gasteiger partial charge in [-0.2, -0.15) is 0 Å². The van der Waals surface area contributed by atoms with Crippen molar-refractivity contribution >= 4 is 23.3 Å². The molecule has 0 aliphatic heterocycles. The highest BCUT2D eigenvalue weighted by atomic mass is 16.2. The van der Waals surface area contributed by atoms with Gasteiger partial charge in [-0.05, 0) is 87.6 Å². The summed E-state index contributed by atoms with van der Waals surface area (Å²) in [7, 11) is 0. The molecule has 29 heavy (non-hydrogen) atoms. The molecule has 5 heteroatoms. The molecule has 0 atom stereocenters. The van der Waals surface area contributed by atoms with Crippen LogP contribution < -0.4 is 10.6 Å². The maximum atomic E-state index is 12.4. The van der Waals surface area contributed by atoms with Gasteiger partial charge < -0.3 is 10.6 Å². The number of Topliss-reactive ketones (excluding diaryl/α,β-unsaturated/α-hetero) is 1. The summed E-state index contributed by atoms with van der Waals surface area (Å²) < 4.78 is 0. The van der Waals surface area contributed by atoms with Gasteiger partial charge in [-0.25, -0.2) is 0 Å². The minimum atomic E-state index is -0.267. The highest BCUT2D eigenvalue weighted by molar-refractivity contribution is 6.05. The van der Waals surface area contributed by atoms with Gasteiger partial charge in [0.25, 0.3) is 11.8 Å². The maximum Gasteiger partial charge on any atom is 0.255 e. The fraction of sp³-hybridized carbons (Fsp3) is 0.292. The first kappa shape index (κ1) is 20.5. The van der Waals surface area contributed by atoms with E-state index in [0.717, 1.165) is 19.3 Å². The summed E-state index contributed by atoms with van der Waals surface area (Å²) in [6.07, 6.45) is 7.97. The molecule has 0 spiro atoms. The van der Waals surface area contributed by atoms with Crippen LogP contribution in [-0.4, -0.2) is 24.1 Å². The summed E-state index contributed by atoms with van der Waals surface area (Å²) in [5.41, 5.74) is 3.63. The number of hydrogen-bond acceptors (Lipinski definition) is 3. The van der Waals surface area contributed by atoms with Gasteiger partial charge in [-0.1, -0.05) is 11.6 Å². The Bertz CT molecular complexity index is 912. The summed E-state index contributed by atoms with van der Waals surface area (Å²) in [6.45, 7) is 2.13. The predicted molar refractivity (Wildman–Crippen MR) is 114 cm³/mol. The summed E-state index contributed by atoms with van der Waals surface area (Å²) >= 11 is 0. The molecule has 2 amide bonds. The lowest BCUT2D eigenvalue weighted by Crippen LogP contribution is -2.25. The van der Waals surface area contributed by atoms with E-state index >= 15 is 0 Å². The second kappa shape index (κ2) is 9.82. The number of rotatable bonds is 7. The fourth-order valence-corrected chi connectivity index (χ4v) is 3.33. The zero-order valence-corrected chi connectivity index (χ0v) is 16.7. The van der Waals surface area contributed by atoms with Crippen LogP contribution in [0.2, 0.25) is 0 Å². The molecule has 0 fully saturated rings. The van der Waals surface area contributed by atoms with Crippen LogP contribution >= 0.6 is 0 Å². The zero-order valence-electron chi connectivity index (χ0n) is 16.7. The molecule has 1 aliphatic rings. The number of benzene rings is 2. The molecule has 0 saturated carbocycles. The Labute approximate surface area is 171 Å². The monoisotopic (exact) mass is 390 g/mol. The van der Waals surface area contributed by atoms with Crippen molar-refractivity contribution in [2.75, 3.05) is 11.9 Å². The van der Waals surface area contributed by atoms with E-state index in [0.29, 0.717) is 28.9 Å². The van der Waals surface area contributed by atoms with E-state index in [2.05, 4.69) is 16.7 Å². The molecule has 5 nitrogen and oxygen atoms in total. The third kappa shape index (κ3) is 5.88. The highest BCUT2D eigenvalue weighted by Crippen LogP contribution is 2.19. The topological polar surface area (TPSA) is 75.3 Å². The number of carbonyl (C=O) groups is 3. The van der Waals surface area contributed by atoms with E-state index in [1.807, 2.05) is 0 Å². The van der Waals surface area contributed by atoms with Gasteiger partial charge in [0.1, 0.15) is 0 Å². The minimum Gasteiger partial charge on any atom is -0.352 e. The molecular weight excluding hydrogens is 364 g/mol. The van der Waals surface area contributed by atoms with Crippen molar-refractivity contribution in [1.82, 2.24) is 5.32 Å². The Kier molecular flexibility index (Phi) is 6.95. The second-order valence-electron chi connectivity index (χ2n) is 7.28. The standard InChI is InChI=1S/C24H26N2O3/c1-17(27)19-11-13-22(14-12-19)26-24(29)21-9-7-20(8-10-21)23(28)25-16-15-18-5-3-2-4-6-18/h5,7-14H,2-4,6,15-16H2,1H3,(H,25,28)(H,26,29). The van der Waals surface area contributed by atoms with Gasteiger partial charge in [0, 0.05) is 28.9 Å². The largest absolute Gasteiger partial charge is 0.352 e. The first-order valence-corrected chi connectivity index (χ1v) is 10.0. The Morgan fingerprint density at radius 2 is 1.45 bits per heavy atom. The van der Waals surface area contributed by atoms with Crippen LogP contribution in [0.5, 0.6) is 0 Å². The second-order valence-corrected chi connectivity index (χ2v) is 7.28. The molecule has 1 aliphatic carbocycles. The molecule has 0 radical (unpaired) electrons. The SMILES string of the molecule is CC(=O)c1ccc(NC(=O)c2ccc(C(=O)NCCC3=CCCCC3)cc2)cc1. The summed E-state index contributed by atoms with van der Waals surface area (Å²) in [5.74, 6) is -0.419. The van der Waals surface area contributed by atoms with Crippen LogP contribution in [0.3, 0.4) is 0 Å². The lowest BCUT2D eigenvalue weighted by atomic mass is 9.97. The van der Waals surface area contributed by atoms with Crippen LogP contribution in [0.1, 0.15) is 70.1 Å². The summed E-state index contributed by atoms with van der Waals surface area (Å²) in [6, 6.07) is 13.3. The molecule has 2 aromatic rings. The van der Waals surface area contributed by atoms with Crippen LogP contribution in [0, 0.1) is 0 Å². The lowest BCUT2D eigenvalue weighted by molar-refractivity contribution is 0.0951. The minimum absolute atomic E-state index is 0.0211. The van der Waals surface area contributed by atoms with Crippen molar-refractivity contribution in [1.29, 1.82) is 0 Å². The Balaban J connectivity index is 1.51. The van der Waals surface area contributed by atoms with E-state index in [1.54, 1.807) is 48.5 Å². The number of amides is 2. The average molecular weight is 390 g/mol. The Hall–Kier alpha value is -3.21. The van der Waals surface area contributed by atoms with Crippen LogP contribution in [-0.2, 0) is 0 Å². The Morgan fingerprint density at radius 1 is 0.828 bits per heavy atom. The van der Waals surface area contributed by atoms with Gasteiger partial charge in [0.05, 0.1) is 0 Å². The maximum absolute atomic E-state index is 12.4. The molecule has 0 unspecified atom stereocenters. The molecule has 0 bridgehead atoms. The number of anilines is 1. The third-order valence-corrected chi connectivity index (χ3v) is 5.08. The molecule has 150 valence electrons. The van der Waals surface area contributed by atoms with Crippen molar-refractivity contribution in [2.45, 2.75) is 39.0 Å². The van der Waals surface area contributed by atoms with Crippen molar-refractivity contribution in [3.63, 3.8) is 0 Å². The van der Waals surface area contributed by atoms with E-state index in [1.165, 1.54) is 25.3 Å². The van der Waals surface area contributed by atoms with Crippen LogP contribution in [0.25, 0.3) is 0 Å². The molecule has 2 N–H and O–H groups in total. The summed E-state index contributed by atoms with van der Waals surface area (Å²) in [5, 5.41) is 5.73.